The number of carbonyl (C=O) groups is 1. The average molecular weight is 259 g/mol. The van der Waals surface area contributed by atoms with Crippen LogP contribution in [0.3, 0.4) is 0 Å². The Morgan fingerprint density at radius 2 is 2.25 bits per heavy atom. The van der Waals surface area contributed by atoms with Gasteiger partial charge in [-0.05, 0) is 36.8 Å². The Morgan fingerprint density at radius 1 is 1.44 bits per heavy atom. The summed E-state index contributed by atoms with van der Waals surface area (Å²) in [6.45, 7) is 0. The molecule has 0 aliphatic carbocycles. The van der Waals surface area contributed by atoms with Gasteiger partial charge < -0.3 is 0 Å². The lowest BCUT2D eigenvalue weighted by Gasteiger charge is -2.19. The van der Waals surface area contributed by atoms with Gasteiger partial charge in [0, 0.05) is 5.56 Å². The fourth-order valence-corrected chi connectivity index (χ4v) is 3.24. The molecule has 0 radical (unpaired) electrons. The molecule has 1 aliphatic heterocycles. The number of benzene rings is 1. The summed E-state index contributed by atoms with van der Waals surface area (Å²) in [4.78, 5) is 12.1. The van der Waals surface area contributed by atoms with E-state index in [1.807, 2.05) is 0 Å². The van der Waals surface area contributed by atoms with Crippen molar-refractivity contribution in [3.8, 4) is 0 Å². The molecule has 4 heteroatoms. The van der Waals surface area contributed by atoms with E-state index in [0.717, 1.165) is 18.6 Å². The number of hydrogen-bond donors (Lipinski definition) is 0. The van der Waals surface area contributed by atoms with Crippen LogP contribution in [0.15, 0.2) is 18.2 Å². The van der Waals surface area contributed by atoms with Crippen LogP contribution in [0.25, 0.3) is 0 Å². The molecule has 0 bridgehead atoms. The highest BCUT2D eigenvalue weighted by Crippen LogP contribution is 2.28. The fraction of sp³-hybridized carbons (Fsp3) is 0.417. The van der Waals surface area contributed by atoms with E-state index in [4.69, 9.17) is 11.6 Å². The van der Waals surface area contributed by atoms with Crippen molar-refractivity contribution in [3.05, 3.63) is 34.6 Å². The Bertz CT molecular complexity index is 402. The van der Waals surface area contributed by atoms with Crippen molar-refractivity contribution in [1.29, 1.82) is 0 Å². The van der Waals surface area contributed by atoms with E-state index >= 15 is 0 Å². The first-order valence-electron chi connectivity index (χ1n) is 5.29. The molecule has 0 N–H and O–H groups in total. The third kappa shape index (κ3) is 2.58. The quantitative estimate of drug-likeness (QED) is 0.748. The van der Waals surface area contributed by atoms with E-state index in [9.17, 15) is 9.18 Å². The summed E-state index contributed by atoms with van der Waals surface area (Å²) in [6, 6.07) is 4.19. The van der Waals surface area contributed by atoms with Crippen molar-refractivity contribution in [1.82, 2.24) is 0 Å². The molecule has 1 atom stereocenters. The minimum atomic E-state index is -0.477. The van der Waals surface area contributed by atoms with Gasteiger partial charge in [0.15, 0.2) is 5.78 Å². The minimum absolute atomic E-state index is 0.0201. The fourth-order valence-electron chi connectivity index (χ4n) is 1.78. The second kappa shape index (κ2) is 5.19. The SMILES string of the molecule is O=C(c1ccc(F)c(Cl)c1)C1CCCCS1. The molecule has 1 fully saturated rings. The van der Waals surface area contributed by atoms with Crippen molar-refractivity contribution in [2.24, 2.45) is 0 Å². The highest BCUT2D eigenvalue weighted by atomic mass is 35.5. The Labute approximate surface area is 103 Å². The van der Waals surface area contributed by atoms with Gasteiger partial charge in [0.1, 0.15) is 5.82 Å². The molecule has 1 aromatic carbocycles. The number of halogens is 2. The van der Waals surface area contributed by atoms with Crippen LogP contribution in [0.4, 0.5) is 4.39 Å². The summed E-state index contributed by atoms with van der Waals surface area (Å²) in [6.07, 6.45) is 3.19. The van der Waals surface area contributed by atoms with Crippen LogP contribution in [-0.4, -0.2) is 16.8 Å². The van der Waals surface area contributed by atoms with Gasteiger partial charge >= 0.3 is 0 Å². The van der Waals surface area contributed by atoms with Crippen molar-refractivity contribution in [2.45, 2.75) is 24.5 Å². The largest absolute Gasteiger partial charge is 0.293 e. The van der Waals surface area contributed by atoms with E-state index < -0.39 is 5.82 Å². The lowest BCUT2D eigenvalue weighted by molar-refractivity contribution is 0.0985. The molecule has 1 nitrogen and oxygen atoms in total. The molecule has 16 heavy (non-hydrogen) atoms. The summed E-state index contributed by atoms with van der Waals surface area (Å²) in [5.41, 5.74) is 0.519. The van der Waals surface area contributed by atoms with Gasteiger partial charge in [-0.3, -0.25) is 4.79 Å². The van der Waals surface area contributed by atoms with Crippen LogP contribution in [0.1, 0.15) is 29.6 Å². The van der Waals surface area contributed by atoms with Crippen LogP contribution in [-0.2, 0) is 0 Å². The van der Waals surface area contributed by atoms with E-state index in [1.54, 1.807) is 11.8 Å². The van der Waals surface area contributed by atoms with Gasteiger partial charge in [-0.2, -0.15) is 11.8 Å². The number of ketones is 1. The maximum Gasteiger partial charge on any atom is 0.175 e. The van der Waals surface area contributed by atoms with Gasteiger partial charge in [0.2, 0.25) is 0 Å². The van der Waals surface area contributed by atoms with E-state index in [0.29, 0.717) is 5.56 Å². The minimum Gasteiger partial charge on any atom is -0.293 e. The highest BCUT2D eigenvalue weighted by molar-refractivity contribution is 8.00. The maximum absolute atomic E-state index is 13.0. The first-order valence-corrected chi connectivity index (χ1v) is 6.72. The summed E-state index contributed by atoms with van der Waals surface area (Å²) < 4.78 is 13.0. The van der Waals surface area contributed by atoms with E-state index in [1.165, 1.54) is 24.6 Å². The second-order valence-electron chi connectivity index (χ2n) is 3.85. The molecule has 0 amide bonds. The van der Waals surface area contributed by atoms with Crippen molar-refractivity contribution < 1.29 is 9.18 Å². The predicted octanol–water partition coefficient (Wildman–Crippen LogP) is 3.95. The van der Waals surface area contributed by atoms with Gasteiger partial charge in [0.05, 0.1) is 10.3 Å². The molecule has 1 saturated heterocycles. The molecule has 2 rings (SSSR count). The normalized spacial score (nSPS) is 20.8. The summed E-state index contributed by atoms with van der Waals surface area (Å²) in [5.74, 6) is 0.631. The first-order chi connectivity index (χ1) is 7.68. The van der Waals surface area contributed by atoms with Crippen molar-refractivity contribution in [2.75, 3.05) is 5.75 Å². The first kappa shape index (κ1) is 11.9. The topological polar surface area (TPSA) is 17.1 Å². The van der Waals surface area contributed by atoms with Crippen LogP contribution < -0.4 is 0 Å². The Balaban J connectivity index is 2.16. The predicted molar refractivity (Wildman–Crippen MR) is 65.8 cm³/mol. The number of carbonyl (C=O) groups excluding carboxylic acids is 1. The second-order valence-corrected chi connectivity index (χ2v) is 5.57. The molecule has 1 aromatic rings. The van der Waals surface area contributed by atoms with Crippen molar-refractivity contribution in [3.63, 3.8) is 0 Å². The maximum atomic E-state index is 13.0. The van der Waals surface area contributed by atoms with E-state index in [2.05, 4.69) is 0 Å². The average Bonchev–Trinajstić information content (AvgIpc) is 2.33. The van der Waals surface area contributed by atoms with Gasteiger partial charge in [-0.25, -0.2) is 4.39 Å². The van der Waals surface area contributed by atoms with Crippen LogP contribution in [0.5, 0.6) is 0 Å². The van der Waals surface area contributed by atoms with Gasteiger partial charge in [-0.1, -0.05) is 18.0 Å². The lowest BCUT2D eigenvalue weighted by Crippen LogP contribution is -2.21. The lowest BCUT2D eigenvalue weighted by atomic mass is 10.0. The molecule has 86 valence electrons. The molecular weight excluding hydrogens is 247 g/mol. The summed E-state index contributed by atoms with van der Waals surface area (Å²) in [5, 5.41) is 0.0435. The third-order valence-corrected chi connectivity index (χ3v) is 4.34. The number of Topliss-reactive ketones (excluding diaryl/α,β-unsaturated/α-hetero) is 1. The zero-order valence-electron chi connectivity index (χ0n) is 8.71. The third-order valence-electron chi connectivity index (χ3n) is 2.68. The van der Waals surface area contributed by atoms with Crippen molar-refractivity contribution >= 4 is 29.1 Å². The number of rotatable bonds is 2. The van der Waals surface area contributed by atoms with Crippen LogP contribution in [0.2, 0.25) is 5.02 Å². The Kier molecular flexibility index (Phi) is 3.87. The zero-order valence-corrected chi connectivity index (χ0v) is 10.3. The molecular formula is C12H12ClFOS. The number of thioether (sulfide) groups is 1. The van der Waals surface area contributed by atoms with Gasteiger partial charge in [0.25, 0.3) is 0 Å². The molecule has 0 aromatic heterocycles. The Morgan fingerprint density at radius 3 is 2.88 bits per heavy atom. The standard InChI is InChI=1S/C12H12ClFOS/c13-9-7-8(4-5-10(9)14)12(15)11-3-1-2-6-16-11/h4-5,7,11H,1-3,6H2. The summed E-state index contributed by atoms with van der Waals surface area (Å²) >= 11 is 7.35. The van der Waals surface area contributed by atoms with Crippen LogP contribution in [0, 0.1) is 5.82 Å². The molecule has 1 heterocycles. The molecule has 0 spiro atoms. The highest BCUT2D eigenvalue weighted by Gasteiger charge is 2.23. The zero-order chi connectivity index (χ0) is 11.5. The smallest absolute Gasteiger partial charge is 0.175 e. The summed E-state index contributed by atoms with van der Waals surface area (Å²) in [7, 11) is 0. The Hall–Kier alpha value is -0.540. The monoisotopic (exact) mass is 258 g/mol. The molecule has 0 saturated carbocycles. The molecule has 1 unspecified atom stereocenters. The molecule has 1 aliphatic rings. The van der Waals surface area contributed by atoms with Crippen LogP contribution >= 0.6 is 23.4 Å². The number of hydrogen-bond acceptors (Lipinski definition) is 2. The van der Waals surface area contributed by atoms with E-state index in [-0.39, 0.29) is 16.1 Å². The van der Waals surface area contributed by atoms with Gasteiger partial charge in [-0.15, -0.1) is 0 Å².